The molecule has 0 saturated heterocycles. The Labute approximate surface area is 94.4 Å². The van der Waals surface area contributed by atoms with Crippen molar-refractivity contribution in [3.05, 3.63) is 39.7 Å². The van der Waals surface area contributed by atoms with Gasteiger partial charge >= 0.3 is 0 Å². The van der Waals surface area contributed by atoms with Gasteiger partial charge in [0.1, 0.15) is 5.82 Å². The van der Waals surface area contributed by atoms with Crippen molar-refractivity contribution in [2.75, 3.05) is 6.54 Å². The summed E-state index contributed by atoms with van der Waals surface area (Å²) in [6, 6.07) is 3.04. The van der Waals surface area contributed by atoms with Gasteiger partial charge in [-0.2, -0.15) is 0 Å². The van der Waals surface area contributed by atoms with Gasteiger partial charge in [-0.25, -0.2) is 13.2 Å². The molecule has 1 fully saturated rings. The predicted molar refractivity (Wildman–Crippen MR) is 53.4 cm³/mol. The van der Waals surface area contributed by atoms with Crippen molar-refractivity contribution in [1.82, 2.24) is 0 Å². The SMILES string of the molecule is NCC1(c2c(F)cccc2[N+](=O)[O-])CC1(F)F. The maximum absolute atomic E-state index is 13.6. The van der Waals surface area contributed by atoms with Crippen LogP contribution in [0.5, 0.6) is 0 Å². The van der Waals surface area contributed by atoms with Crippen LogP contribution in [0.2, 0.25) is 0 Å². The summed E-state index contributed by atoms with van der Waals surface area (Å²) in [5.74, 6) is -4.20. The molecule has 4 nitrogen and oxygen atoms in total. The molecule has 92 valence electrons. The van der Waals surface area contributed by atoms with Crippen molar-refractivity contribution in [2.45, 2.75) is 17.8 Å². The van der Waals surface area contributed by atoms with Gasteiger partial charge in [0.15, 0.2) is 0 Å². The van der Waals surface area contributed by atoms with Gasteiger partial charge in [-0.3, -0.25) is 10.1 Å². The first kappa shape index (κ1) is 11.8. The fourth-order valence-electron chi connectivity index (χ4n) is 2.07. The minimum Gasteiger partial charge on any atom is -0.329 e. The molecule has 17 heavy (non-hydrogen) atoms. The Hall–Kier alpha value is -1.63. The topological polar surface area (TPSA) is 69.2 Å². The molecule has 1 aromatic carbocycles. The Balaban J connectivity index is 2.64. The first-order valence-electron chi connectivity index (χ1n) is 4.87. The normalized spacial score (nSPS) is 25.6. The molecule has 0 radical (unpaired) electrons. The number of alkyl halides is 2. The second-order valence-electron chi connectivity index (χ2n) is 4.06. The third-order valence-electron chi connectivity index (χ3n) is 3.11. The molecular formula is C10H9F3N2O2. The summed E-state index contributed by atoms with van der Waals surface area (Å²) in [5, 5.41) is 10.7. The molecule has 1 aliphatic rings. The van der Waals surface area contributed by atoms with Crippen molar-refractivity contribution >= 4 is 5.69 Å². The van der Waals surface area contributed by atoms with E-state index in [1.807, 2.05) is 0 Å². The number of benzene rings is 1. The van der Waals surface area contributed by atoms with Crippen molar-refractivity contribution in [2.24, 2.45) is 5.73 Å². The third kappa shape index (κ3) is 1.49. The van der Waals surface area contributed by atoms with Gasteiger partial charge in [-0.05, 0) is 6.07 Å². The van der Waals surface area contributed by atoms with E-state index >= 15 is 0 Å². The third-order valence-corrected chi connectivity index (χ3v) is 3.11. The maximum Gasteiger partial charge on any atom is 0.276 e. The molecule has 0 spiro atoms. The summed E-state index contributed by atoms with van der Waals surface area (Å²) in [6.07, 6.45) is -0.654. The van der Waals surface area contributed by atoms with Crippen molar-refractivity contribution < 1.29 is 18.1 Å². The molecule has 1 aromatic rings. The van der Waals surface area contributed by atoms with Crippen molar-refractivity contribution in [1.29, 1.82) is 0 Å². The number of nitrogens with two attached hydrogens (primary N) is 1. The van der Waals surface area contributed by atoms with Crippen LogP contribution in [-0.2, 0) is 5.41 Å². The average Bonchev–Trinajstić information content (AvgIpc) is 2.81. The summed E-state index contributed by atoms with van der Waals surface area (Å²) in [6.45, 7) is -0.526. The van der Waals surface area contributed by atoms with Gasteiger partial charge in [0.25, 0.3) is 11.6 Å². The lowest BCUT2D eigenvalue weighted by molar-refractivity contribution is -0.386. The Kier molecular flexibility index (Phi) is 2.39. The lowest BCUT2D eigenvalue weighted by Crippen LogP contribution is -2.28. The van der Waals surface area contributed by atoms with Gasteiger partial charge < -0.3 is 5.73 Å². The van der Waals surface area contributed by atoms with Crippen molar-refractivity contribution in [3.8, 4) is 0 Å². The van der Waals surface area contributed by atoms with Gasteiger partial charge in [0.2, 0.25) is 0 Å². The second kappa shape index (κ2) is 3.43. The van der Waals surface area contributed by atoms with E-state index in [-0.39, 0.29) is 0 Å². The fourth-order valence-corrected chi connectivity index (χ4v) is 2.07. The Morgan fingerprint density at radius 2 is 2.06 bits per heavy atom. The summed E-state index contributed by atoms with van der Waals surface area (Å²) in [5.41, 5.74) is 2.08. The van der Waals surface area contributed by atoms with Crippen LogP contribution in [-0.4, -0.2) is 17.4 Å². The lowest BCUT2D eigenvalue weighted by atomic mass is 9.93. The van der Waals surface area contributed by atoms with Crippen LogP contribution >= 0.6 is 0 Å². The quantitative estimate of drug-likeness (QED) is 0.654. The lowest BCUT2D eigenvalue weighted by Gasteiger charge is -2.15. The van der Waals surface area contributed by atoms with Gasteiger partial charge in [0, 0.05) is 19.0 Å². The molecule has 2 rings (SSSR count). The molecule has 0 bridgehead atoms. The van der Waals surface area contributed by atoms with Crippen LogP contribution < -0.4 is 5.73 Å². The minimum absolute atomic E-state index is 0.526. The van der Waals surface area contributed by atoms with E-state index in [4.69, 9.17) is 5.73 Å². The number of hydrogen-bond acceptors (Lipinski definition) is 3. The van der Waals surface area contributed by atoms with E-state index in [0.29, 0.717) is 0 Å². The number of hydrogen-bond donors (Lipinski definition) is 1. The van der Waals surface area contributed by atoms with Crippen LogP contribution in [0.15, 0.2) is 18.2 Å². The largest absolute Gasteiger partial charge is 0.329 e. The van der Waals surface area contributed by atoms with Crippen LogP contribution in [0.1, 0.15) is 12.0 Å². The standard InChI is InChI=1S/C10H9F3N2O2/c11-6-2-1-3-7(15(16)17)8(6)9(5-14)4-10(9,12)13/h1-3H,4-5,14H2. The van der Waals surface area contributed by atoms with E-state index in [1.165, 1.54) is 0 Å². The summed E-state index contributed by atoms with van der Waals surface area (Å²) in [4.78, 5) is 9.86. The van der Waals surface area contributed by atoms with Gasteiger partial charge in [-0.15, -0.1) is 0 Å². The molecule has 0 aromatic heterocycles. The van der Waals surface area contributed by atoms with Crippen LogP contribution in [0.25, 0.3) is 0 Å². The molecule has 1 atom stereocenters. The fraction of sp³-hybridized carbons (Fsp3) is 0.400. The van der Waals surface area contributed by atoms with E-state index < -0.39 is 46.3 Å². The van der Waals surface area contributed by atoms with Crippen LogP contribution in [0.4, 0.5) is 18.9 Å². The highest BCUT2D eigenvalue weighted by molar-refractivity contribution is 5.52. The van der Waals surface area contributed by atoms with E-state index in [0.717, 1.165) is 18.2 Å². The van der Waals surface area contributed by atoms with Gasteiger partial charge in [0.05, 0.1) is 15.9 Å². The monoisotopic (exact) mass is 246 g/mol. The smallest absolute Gasteiger partial charge is 0.276 e. The summed E-state index contributed by atoms with van der Waals surface area (Å²) < 4.78 is 40.2. The predicted octanol–water partition coefficient (Wildman–Crippen LogP) is 1.97. The molecule has 1 unspecified atom stereocenters. The molecule has 7 heteroatoms. The summed E-state index contributed by atoms with van der Waals surface area (Å²) >= 11 is 0. The highest BCUT2D eigenvalue weighted by atomic mass is 19.3. The number of rotatable bonds is 3. The zero-order valence-electron chi connectivity index (χ0n) is 8.62. The van der Waals surface area contributed by atoms with Crippen LogP contribution in [0, 0.1) is 15.9 Å². The molecular weight excluding hydrogens is 237 g/mol. The highest BCUT2D eigenvalue weighted by Crippen LogP contribution is 2.62. The Bertz CT molecular complexity index is 492. The molecule has 0 aliphatic heterocycles. The van der Waals surface area contributed by atoms with Gasteiger partial charge in [-0.1, -0.05) is 6.07 Å². The number of nitro benzene ring substituents is 1. The zero-order valence-corrected chi connectivity index (χ0v) is 8.62. The average molecular weight is 246 g/mol. The van der Waals surface area contributed by atoms with Crippen molar-refractivity contribution in [3.63, 3.8) is 0 Å². The Morgan fingerprint density at radius 1 is 1.47 bits per heavy atom. The molecule has 1 aliphatic carbocycles. The Morgan fingerprint density at radius 3 is 2.47 bits per heavy atom. The molecule has 0 heterocycles. The van der Waals surface area contributed by atoms with E-state index in [1.54, 1.807) is 0 Å². The highest BCUT2D eigenvalue weighted by Gasteiger charge is 2.73. The molecule has 2 N–H and O–H groups in total. The first-order chi connectivity index (χ1) is 7.85. The number of nitrogens with zero attached hydrogens (tertiary/aromatic N) is 1. The summed E-state index contributed by atoms with van der Waals surface area (Å²) in [7, 11) is 0. The second-order valence-corrected chi connectivity index (χ2v) is 4.06. The molecule has 1 saturated carbocycles. The first-order valence-corrected chi connectivity index (χ1v) is 4.87. The minimum atomic E-state index is -3.19. The maximum atomic E-state index is 13.6. The number of halogens is 3. The zero-order chi connectivity index (χ0) is 12.8. The van der Waals surface area contributed by atoms with E-state index in [9.17, 15) is 23.3 Å². The molecule has 0 amide bonds. The van der Waals surface area contributed by atoms with E-state index in [2.05, 4.69) is 0 Å². The van der Waals surface area contributed by atoms with Crippen LogP contribution in [0.3, 0.4) is 0 Å². The number of nitro groups is 1.